The van der Waals surface area contributed by atoms with E-state index in [1.165, 1.54) is 35.4 Å². The van der Waals surface area contributed by atoms with Crippen LogP contribution in [0.4, 0.5) is 15.8 Å². The Kier molecular flexibility index (Phi) is 4.71. The van der Waals surface area contributed by atoms with Crippen molar-refractivity contribution in [1.82, 2.24) is 0 Å². The number of para-hydroxylation sites is 2. The molecule has 0 aliphatic carbocycles. The number of benzene rings is 3. The number of fused-ring (bicyclic) bond motifs is 1. The molecule has 2 heterocycles. The van der Waals surface area contributed by atoms with Crippen LogP contribution in [-0.2, 0) is 14.4 Å². The SMILES string of the molecule is O=C(O)c1ccccc1[C@H]1[C@H]2C(=O)N(c3ccccc3F)C(=O)[C@@H]2ON1c1ccccc1. The van der Waals surface area contributed by atoms with Gasteiger partial charge >= 0.3 is 5.97 Å². The Hall–Kier alpha value is -4.04. The van der Waals surface area contributed by atoms with E-state index in [2.05, 4.69) is 0 Å². The maximum absolute atomic E-state index is 14.4. The normalized spacial score (nSPS) is 22.3. The minimum absolute atomic E-state index is 0.00716. The molecular weight excluding hydrogens is 415 g/mol. The highest BCUT2D eigenvalue weighted by Gasteiger charge is 2.61. The molecule has 0 radical (unpaired) electrons. The number of carboxylic acid groups (broad SMARTS) is 1. The minimum atomic E-state index is -1.21. The predicted molar refractivity (Wildman–Crippen MR) is 112 cm³/mol. The molecule has 0 unspecified atom stereocenters. The van der Waals surface area contributed by atoms with Crippen LogP contribution in [-0.4, -0.2) is 29.0 Å². The van der Waals surface area contributed by atoms with Gasteiger partial charge in [0.05, 0.1) is 23.0 Å². The molecule has 2 fully saturated rings. The van der Waals surface area contributed by atoms with Gasteiger partial charge in [-0.3, -0.25) is 14.4 Å². The summed E-state index contributed by atoms with van der Waals surface area (Å²) in [7, 11) is 0. The molecule has 8 heteroatoms. The molecule has 0 saturated carbocycles. The lowest BCUT2D eigenvalue weighted by Crippen LogP contribution is -2.38. The molecule has 3 atom stereocenters. The first kappa shape index (κ1) is 19.9. The van der Waals surface area contributed by atoms with Gasteiger partial charge in [-0.05, 0) is 35.9 Å². The molecule has 160 valence electrons. The zero-order valence-corrected chi connectivity index (χ0v) is 16.6. The van der Waals surface area contributed by atoms with E-state index >= 15 is 0 Å². The second-order valence-corrected chi connectivity index (χ2v) is 7.51. The third-order valence-electron chi connectivity index (χ3n) is 5.73. The molecule has 0 bridgehead atoms. The number of carbonyl (C=O) groups excluding carboxylic acids is 2. The van der Waals surface area contributed by atoms with Crippen LogP contribution in [0.25, 0.3) is 0 Å². The molecule has 32 heavy (non-hydrogen) atoms. The number of halogens is 1. The Morgan fingerprint density at radius 2 is 1.53 bits per heavy atom. The number of carbonyl (C=O) groups is 3. The number of aromatic carboxylic acids is 1. The first-order valence-electron chi connectivity index (χ1n) is 9.94. The van der Waals surface area contributed by atoms with Crippen molar-refractivity contribution < 1.29 is 28.7 Å². The van der Waals surface area contributed by atoms with Gasteiger partial charge < -0.3 is 5.11 Å². The summed E-state index contributed by atoms with van der Waals surface area (Å²) in [6.45, 7) is 0. The summed E-state index contributed by atoms with van der Waals surface area (Å²) < 4.78 is 14.4. The maximum Gasteiger partial charge on any atom is 0.336 e. The summed E-state index contributed by atoms with van der Waals surface area (Å²) in [5, 5.41) is 11.1. The van der Waals surface area contributed by atoms with Gasteiger partial charge in [0.1, 0.15) is 11.7 Å². The van der Waals surface area contributed by atoms with Crippen LogP contribution >= 0.6 is 0 Å². The maximum atomic E-state index is 14.4. The summed E-state index contributed by atoms with van der Waals surface area (Å²) >= 11 is 0. The van der Waals surface area contributed by atoms with Crippen molar-refractivity contribution in [3.8, 4) is 0 Å². The number of hydrogen-bond donors (Lipinski definition) is 1. The molecule has 2 amide bonds. The topological polar surface area (TPSA) is 87.2 Å². The van der Waals surface area contributed by atoms with E-state index in [0.29, 0.717) is 11.3 Å². The number of anilines is 2. The highest BCUT2D eigenvalue weighted by molar-refractivity contribution is 6.24. The van der Waals surface area contributed by atoms with Crippen molar-refractivity contribution in [3.63, 3.8) is 0 Å². The lowest BCUT2D eigenvalue weighted by atomic mass is 9.88. The monoisotopic (exact) mass is 432 g/mol. The molecule has 0 spiro atoms. The van der Waals surface area contributed by atoms with E-state index in [0.717, 1.165) is 4.90 Å². The fourth-order valence-electron chi connectivity index (χ4n) is 4.35. The number of carboxylic acids is 1. The zero-order valence-electron chi connectivity index (χ0n) is 16.6. The molecular formula is C24H17FN2O5. The van der Waals surface area contributed by atoms with Gasteiger partial charge in [0.25, 0.3) is 5.91 Å². The van der Waals surface area contributed by atoms with Crippen LogP contribution in [0.5, 0.6) is 0 Å². The highest BCUT2D eigenvalue weighted by atomic mass is 19.1. The number of hydroxylamine groups is 1. The van der Waals surface area contributed by atoms with Crippen molar-refractivity contribution >= 4 is 29.2 Å². The van der Waals surface area contributed by atoms with Gasteiger partial charge in [-0.25, -0.2) is 19.1 Å². The highest BCUT2D eigenvalue weighted by Crippen LogP contribution is 2.48. The first-order chi connectivity index (χ1) is 15.5. The average Bonchev–Trinajstić information content (AvgIpc) is 3.31. The molecule has 7 nitrogen and oxygen atoms in total. The summed E-state index contributed by atoms with van der Waals surface area (Å²) in [6, 6.07) is 19.7. The van der Waals surface area contributed by atoms with Gasteiger partial charge in [-0.15, -0.1) is 0 Å². The molecule has 2 aliphatic rings. The van der Waals surface area contributed by atoms with Gasteiger partial charge in [0.15, 0.2) is 6.10 Å². The number of hydrogen-bond acceptors (Lipinski definition) is 5. The largest absolute Gasteiger partial charge is 0.478 e. The van der Waals surface area contributed by atoms with Crippen molar-refractivity contribution in [2.75, 3.05) is 9.96 Å². The Labute approximate surface area is 182 Å². The fraction of sp³-hybridized carbons (Fsp3) is 0.125. The Bertz CT molecular complexity index is 1230. The van der Waals surface area contributed by atoms with E-state index in [9.17, 15) is 23.9 Å². The van der Waals surface area contributed by atoms with E-state index in [-0.39, 0.29) is 11.3 Å². The third kappa shape index (κ3) is 2.96. The number of rotatable bonds is 4. The van der Waals surface area contributed by atoms with Crippen molar-refractivity contribution in [1.29, 1.82) is 0 Å². The molecule has 1 N–H and O–H groups in total. The molecule has 2 saturated heterocycles. The van der Waals surface area contributed by atoms with E-state index in [1.807, 2.05) is 0 Å². The first-order valence-corrected chi connectivity index (χ1v) is 9.94. The van der Waals surface area contributed by atoms with E-state index in [1.54, 1.807) is 48.5 Å². The number of imide groups is 1. The number of nitrogens with zero attached hydrogens (tertiary/aromatic N) is 2. The Balaban J connectivity index is 1.65. The lowest BCUT2D eigenvalue weighted by Gasteiger charge is -2.29. The van der Waals surface area contributed by atoms with E-state index in [4.69, 9.17) is 4.84 Å². The van der Waals surface area contributed by atoms with Gasteiger partial charge in [0, 0.05) is 0 Å². The minimum Gasteiger partial charge on any atom is -0.478 e. The standard InChI is InChI=1S/C24H17FN2O5/c25-17-12-6-7-13-18(17)26-22(28)19-20(15-10-4-5-11-16(15)24(30)31)27(32-21(19)23(26)29)14-8-2-1-3-9-14/h1-13,19-21H,(H,30,31)/t19-,20+,21-/m1/s1. The van der Waals surface area contributed by atoms with Crippen LogP contribution in [0.2, 0.25) is 0 Å². The van der Waals surface area contributed by atoms with Crippen molar-refractivity contribution in [2.24, 2.45) is 5.92 Å². The second-order valence-electron chi connectivity index (χ2n) is 7.51. The van der Waals surface area contributed by atoms with Gasteiger partial charge in [-0.1, -0.05) is 48.5 Å². The zero-order chi connectivity index (χ0) is 22.4. The van der Waals surface area contributed by atoms with Crippen LogP contribution in [0.3, 0.4) is 0 Å². The van der Waals surface area contributed by atoms with Crippen LogP contribution in [0.1, 0.15) is 22.0 Å². The fourth-order valence-corrected chi connectivity index (χ4v) is 4.35. The second kappa shape index (κ2) is 7.58. The van der Waals surface area contributed by atoms with Gasteiger partial charge in [-0.2, -0.15) is 0 Å². The molecule has 5 rings (SSSR count). The van der Waals surface area contributed by atoms with E-state index < -0.39 is 41.7 Å². The summed E-state index contributed by atoms with van der Waals surface area (Å²) in [4.78, 5) is 45.3. The Morgan fingerprint density at radius 3 is 2.25 bits per heavy atom. The predicted octanol–water partition coefficient (Wildman–Crippen LogP) is 3.58. The summed E-state index contributed by atoms with van der Waals surface area (Å²) in [6.07, 6.45) is -1.21. The Morgan fingerprint density at radius 1 is 0.875 bits per heavy atom. The molecule has 0 aromatic heterocycles. The molecule has 3 aromatic rings. The molecule has 3 aromatic carbocycles. The molecule has 2 aliphatic heterocycles. The van der Waals surface area contributed by atoms with Crippen molar-refractivity contribution in [2.45, 2.75) is 12.1 Å². The quantitative estimate of drug-likeness (QED) is 0.635. The number of amides is 2. The van der Waals surface area contributed by atoms with Gasteiger partial charge in [0.2, 0.25) is 5.91 Å². The third-order valence-corrected chi connectivity index (χ3v) is 5.73. The van der Waals surface area contributed by atoms with Crippen LogP contribution in [0, 0.1) is 11.7 Å². The van der Waals surface area contributed by atoms with Crippen LogP contribution in [0.15, 0.2) is 78.9 Å². The summed E-state index contributed by atoms with van der Waals surface area (Å²) in [5.41, 5.74) is 0.724. The summed E-state index contributed by atoms with van der Waals surface area (Å²) in [5.74, 6) is -4.27. The van der Waals surface area contributed by atoms with Crippen LogP contribution < -0.4 is 9.96 Å². The lowest BCUT2D eigenvalue weighted by molar-refractivity contribution is -0.126. The van der Waals surface area contributed by atoms with Crippen molar-refractivity contribution in [3.05, 3.63) is 95.8 Å². The smallest absolute Gasteiger partial charge is 0.336 e. The average molecular weight is 432 g/mol.